The molecule has 0 saturated heterocycles. The first-order chi connectivity index (χ1) is 11.0. The number of carbonyl (C=O) groups is 1. The van der Waals surface area contributed by atoms with E-state index in [1.54, 1.807) is 18.4 Å². The minimum Gasteiger partial charge on any atom is -0.478 e. The van der Waals surface area contributed by atoms with Gasteiger partial charge in [-0.2, -0.15) is 0 Å². The summed E-state index contributed by atoms with van der Waals surface area (Å²) in [6.45, 7) is 3.64. The molecule has 0 spiro atoms. The van der Waals surface area contributed by atoms with Crippen molar-refractivity contribution in [2.24, 2.45) is 0 Å². The maximum absolute atomic E-state index is 10.8. The summed E-state index contributed by atoms with van der Waals surface area (Å²) >= 11 is 0. The first kappa shape index (κ1) is 17.2. The molecule has 0 fully saturated rings. The van der Waals surface area contributed by atoms with Gasteiger partial charge in [-0.1, -0.05) is 12.1 Å². The van der Waals surface area contributed by atoms with Gasteiger partial charge in [0.15, 0.2) is 0 Å². The van der Waals surface area contributed by atoms with Crippen LogP contribution in [0.4, 0.5) is 0 Å². The van der Waals surface area contributed by atoms with Gasteiger partial charge in [-0.3, -0.25) is 4.90 Å². The summed E-state index contributed by atoms with van der Waals surface area (Å²) in [5.74, 6) is 0.101. The van der Waals surface area contributed by atoms with Crippen molar-refractivity contribution in [3.8, 4) is 0 Å². The maximum atomic E-state index is 10.8. The lowest BCUT2D eigenvalue weighted by molar-refractivity contribution is 0.0697. The normalized spacial score (nSPS) is 11.3. The number of aromatic carboxylic acids is 1. The minimum absolute atomic E-state index is 0.330. The van der Waals surface area contributed by atoms with Crippen molar-refractivity contribution in [1.82, 2.24) is 9.80 Å². The van der Waals surface area contributed by atoms with E-state index in [0.717, 1.165) is 43.9 Å². The Morgan fingerprint density at radius 2 is 1.70 bits per heavy atom. The van der Waals surface area contributed by atoms with Crippen LogP contribution in [0, 0.1) is 0 Å². The van der Waals surface area contributed by atoms with Gasteiger partial charge in [0, 0.05) is 6.54 Å². The summed E-state index contributed by atoms with van der Waals surface area (Å²) in [7, 11) is 4.17. The van der Waals surface area contributed by atoms with Crippen LogP contribution >= 0.6 is 0 Å². The van der Waals surface area contributed by atoms with E-state index in [0.29, 0.717) is 5.56 Å². The first-order valence-electron chi connectivity index (χ1n) is 7.76. The van der Waals surface area contributed by atoms with Crippen molar-refractivity contribution in [2.45, 2.75) is 19.5 Å². The van der Waals surface area contributed by atoms with Crippen molar-refractivity contribution >= 4 is 5.97 Å². The lowest BCUT2D eigenvalue weighted by atomic mass is 10.1. The fourth-order valence-corrected chi connectivity index (χ4v) is 2.50. The van der Waals surface area contributed by atoms with E-state index in [9.17, 15) is 4.79 Å². The second-order valence-electron chi connectivity index (χ2n) is 5.91. The Morgan fingerprint density at radius 1 is 1.04 bits per heavy atom. The zero-order chi connectivity index (χ0) is 16.7. The van der Waals surface area contributed by atoms with Crippen molar-refractivity contribution in [2.75, 3.05) is 27.2 Å². The number of furan rings is 1. The molecule has 1 aromatic heterocycles. The molecular weight excluding hydrogens is 292 g/mol. The van der Waals surface area contributed by atoms with Gasteiger partial charge in [-0.15, -0.1) is 0 Å². The van der Waals surface area contributed by atoms with Gasteiger partial charge in [0.05, 0.1) is 18.4 Å². The predicted octanol–water partition coefficient (Wildman–Crippen LogP) is 2.93. The second kappa shape index (κ2) is 8.50. The molecular formula is C18H24N2O3. The Bertz CT molecular complexity index is 593. The zero-order valence-corrected chi connectivity index (χ0v) is 13.7. The van der Waals surface area contributed by atoms with Crippen LogP contribution in [0.1, 0.15) is 28.1 Å². The molecule has 0 radical (unpaired) electrons. The summed E-state index contributed by atoms with van der Waals surface area (Å²) in [5, 5.41) is 8.90. The van der Waals surface area contributed by atoms with E-state index >= 15 is 0 Å². The molecule has 2 aromatic rings. The molecule has 0 bridgehead atoms. The molecule has 5 heteroatoms. The average molecular weight is 316 g/mol. The van der Waals surface area contributed by atoms with Crippen LogP contribution in [-0.4, -0.2) is 48.1 Å². The predicted molar refractivity (Wildman–Crippen MR) is 89.4 cm³/mol. The molecule has 0 amide bonds. The van der Waals surface area contributed by atoms with Crippen molar-refractivity contribution in [3.63, 3.8) is 0 Å². The quantitative estimate of drug-likeness (QED) is 0.771. The Kier molecular flexibility index (Phi) is 6.38. The van der Waals surface area contributed by atoms with Gasteiger partial charge in [-0.25, -0.2) is 4.79 Å². The highest BCUT2D eigenvalue weighted by atomic mass is 16.4. The maximum Gasteiger partial charge on any atom is 0.335 e. The third-order valence-corrected chi connectivity index (χ3v) is 3.74. The molecule has 5 nitrogen and oxygen atoms in total. The van der Waals surface area contributed by atoms with E-state index in [1.807, 2.05) is 24.3 Å². The lowest BCUT2D eigenvalue weighted by Gasteiger charge is -2.20. The number of hydrogen-bond acceptors (Lipinski definition) is 4. The fraction of sp³-hybridized carbons (Fsp3) is 0.389. The molecule has 124 valence electrons. The topological polar surface area (TPSA) is 56.9 Å². The summed E-state index contributed by atoms with van der Waals surface area (Å²) in [6.07, 6.45) is 2.77. The summed E-state index contributed by atoms with van der Waals surface area (Å²) in [5.41, 5.74) is 1.46. The van der Waals surface area contributed by atoms with Gasteiger partial charge in [0.1, 0.15) is 5.76 Å². The SMILES string of the molecule is CN(CCCN(C)Cc1ccco1)Cc1ccc(C(=O)O)cc1. The summed E-state index contributed by atoms with van der Waals surface area (Å²) in [4.78, 5) is 15.3. The molecule has 23 heavy (non-hydrogen) atoms. The number of carboxylic acid groups (broad SMARTS) is 1. The molecule has 1 heterocycles. The molecule has 2 rings (SSSR count). The van der Waals surface area contributed by atoms with Gasteiger partial charge >= 0.3 is 5.97 Å². The van der Waals surface area contributed by atoms with E-state index in [-0.39, 0.29) is 0 Å². The summed E-state index contributed by atoms with van der Waals surface area (Å²) < 4.78 is 5.34. The van der Waals surface area contributed by atoms with Gasteiger partial charge in [0.2, 0.25) is 0 Å². The number of hydrogen-bond donors (Lipinski definition) is 1. The number of rotatable bonds is 9. The molecule has 1 N–H and O–H groups in total. The lowest BCUT2D eigenvalue weighted by Crippen LogP contribution is -2.25. The number of carboxylic acids is 1. The molecule has 0 aliphatic carbocycles. The van der Waals surface area contributed by atoms with Crippen LogP contribution in [0.5, 0.6) is 0 Å². The third kappa shape index (κ3) is 5.88. The van der Waals surface area contributed by atoms with E-state index in [4.69, 9.17) is 9.52 Å². The van der Waals surface area contributed by atoms with Crippen LogP contribution in [0.15, 0.2) is 47.1 Å². The van der Waals surface area contributed by atoms with Crippen molar-refractivity contribution in [1.29, 1.82) is 0 Å². The molecule has 0 atom stereocenters. The number of nitrogens with zero attached hydrogens (tertiary/aromatic N) is 2. The largest absolute Gasteiger partial charge is 0.478 e. The van der Waals surface area contributed by atoms with E-state index in [1.165, 1.54) is 0 Å². The third-order valence-electron chi connectivity index (χ3n) is 3.74. The van der Waals surface area contributed by atoms with Gasteiger partial charge < -0.3 is 14.4 Å². The summed E-state index contributed by atoms with van der Waals surface area (Å²) in [6, 6.07) is 11.0. The highest BCUT2D eigenvalue weighted by Gasteiger charge is 2.06. The monoisotopic (exact) mass is 316 g/mol. The molecule has 0 aliphatic rings. The molecule has 1 aromatic carbocycles. The van der Waals surface area contributed by atoms with Crippen LogP contribution < -0.4 is 0 Å². The standard InChI is InChI=1S/C18H24N2O3/c1-19(13-15-6-8-16(9-7-15)18(21)22)10-4-11-20(2)14-17-5-3-12-23-17/h3,5-9,12H,4,10-11,13-14H2,1-2H3,(H,21,22). The first-order valence-corrected chi connectivity index (χ1v) is 7.76. The van der Waals surface area contributed by atoms with Gasteiger partial charge in [0.25, 0.3) is 0 Å². The molecule has 0 aliphatic heterocycles. The van der Waals surface area contributed by atoms with Gasteiger partial charge in [-0.05, 0) is 63.4 Å². The van der Waals surface area contributed by atoms with Crippen LogP contribution in [0.3, 0.4) is 0 Å². The Balaban J connectivity index is 1.68. The zero-order valence-electron chi connectivity index (χ0n) is 13.7. The van der Waals surface area contributed by atoms with E-state index < -0.39 is 5.97 Å². The Labute approximate surface area is 137 Å². The molecule has 0 unspecified atom stereocenters. The average Bonchev–Trinajstić information content (AvgIpc) is 3.00. The minimum atomic E-state index is -0.885. The van der Waals surface area contributed by atoms with E-state index in [2.05, 4.69) is 23.9 Å². The Morgan fingerprint density at radius 3 is 2.26 bits per heavy atom. The second-order valence-corrected chi connectivity index (χ2v) is 5.91. The number of benzene rings is 1. The van der Waals surface area contributed by atoms with Crippen LogP contribution in [0.25, 0.3) is 0 Å². The smallest absolute Gasteiger partial charge is 0.335 e. The van der Waals surface area contributed by atoms with Crippen LogP contribution in [-0.2, 0) is 13.1 Å². The Hall–Kier alpha value is -2.11. The van der Waals surface area contributed by atoms with Crippen molar-refractivity contribution in [3.05, 3.63) is 59.5 Å². The fourth-order valence-electron chi connectivity index (χ4n) is 2.50. The highest BCUT2D eigenvalue weighted by Crippen LogP contribution is 2.08. The van der Waals surface area contributed by atoms with Crippen LogP contribution in [0.2, 0.25) is 0 Å². The highest BCUT2D eigenvalue weighted by molar-refractivity contribution is 5.87. The van der Waals surface area contributed by atoms with Crippen molar-refractivity contribution < 1.29 is 14.3 Å². The molecule has 0 saturated carbocycles.